The van der Waals surface area contributed by atoms with Crippen molar-refractivity contribution in [2.75, 3.05) is 13.2 Å². The fourth-order valence-electron chi connectivity index (χ4n) is 1.32. The van der Waals surface area contributed by atoms with Crippen LogP contribution in [0.2, 0.25) is 0 Å². The quantitative estimate of drug-likeness (QED) is 0.595. The Balaban J connectivity index is 2.20. The highest BCUT2D eigenvalue weighted by Gasteiger charge is 2.23. The molecule has 1 saturated carbocycles. The molecule has 1 rings (SSSR count). The fourth-order valence-corrected chi connectivity index (χ4v) is 1.32. The Labute approximate surface area is 61.6 Å². The van der Waals surface area contributed by atoms with Gasteiger partial charge in [-0.15, -0.1) is 0 Å². The van der Waals surface area contributed by atoms with Gasteiger partial charge in [-0.2, -0.15) is 0 Å². The summed E-state index contributed by atoms with van der Waals surface area (Å²) < 4.78 is 5.17. The van der Waals surface area contributed by atoms with Gasteiger partial charge >= 0.3 is 0 Å². The number of carbonyl (C=O) groups excluding carboxylic acids is 1. The third-order valence-electron chi connectivity index (χ3n) is 1.95. The average molecular weight is 142 g/mol. The van der Waals surface area contributed by atoms with Crippen molar-refractivity contribution in [1.29, 1.82) is 0 Å². The molecule has 0 heterocycles. The summed E-state index contributed by atoms with van der Waals surface area (Å²) in [6, 6.07) is 0. The molecule has 0 unspecified atom stereocenters. The second kappa shape index (κ2) is 3.71. The van der Waals surface area contributed by atoms with Crippen LogP contribution in [0.3, 0.4) is 0 Å². The van der Waals surface area contributed by atoms with Crippen molar-refractivity contribution in [3.8, 4) is 0 Å². The molecule has 0 N–H and O–H groups in total. The predicted molar refractivity (Wildman–Crippen MR) is 38.8 cm³/mol. The Hall–Kier alpha value is -0.370. The van der Waals surface area contributed by atoms with Crippen LogP contribution in [0.25, 0.3) is 0 Å². The standard InChI is InChI=1S/C8H14O2/c1-2-10-6-7-4-3-5-8(7)9/h7H,2-6H2,1H3/t7-/m0/s1. The SMILES string of the molecule is CCOC[C@@H]1CCCC1=O. The highest BCUT2D eigenvalue weighted by atomic mass is 16.5. The van der Waals surface area contributed by atoms with E-state index in [0.717, 1.165) is 25.9 Å². The molecule has 0 aromatic rings. The number of hydrogen-bond acceptors (Lipinski definition) is 2. The van der Waals surface area contributed by atoms with Gasteiger partial charge in [-0.1, -0.05) is 0 Å². The van der Waals surface area contributed by atoms with Gasteiger partial charge < -0.3 is 4.74 Å². The molecule has 0 aromatic heterocycles. The molecule has 0 spiro atoms. The molecular formula is C8H14O2. The molecule has 0 saturated heterocycles. The molecule has 0 amide bonds. The van der Waals surface area contributed by atoms with Gasteiger partial charge in [0.25, 0.3) is 0 Å². The molecule has 0 aromatic carbocycles. The van der Waals surface area contributed by atoms with Crippen molar-refractivity contribution in [3.05, 3.63) is 0 Å². The third kappa shape index (κ3) is 1.81. The maximum atomic E-state index is 11.0. The van der Waals surface area contributed by atoms with E-state index in [-0.39, 0.29) is 5.92 Å². The first kappa shape index (κ1) is 7.73. The van der Waals surface area contributed by atoms with Crippen LogP contribution in [0.15, 0.2) is 0 Å². The summed E-state index contributed by atoms with van der Waals surface area (Å²) in [5, 5.41) is 0. The minimum Gasteiger partial charge on any atom is -0.381 e. The van der Waals surface area contributed by atoms with Crippen LogP contribution < -0.4 is 0 Å². The summed E-state index contributed by atoms with van der Waals surface area (Å²) in [4.78, 5) is 11.0. The van der Waals surface area contributed by atoms with Crippen molar-refractivity contribution < 1.29 is 9.53 Å². The van der Waals surface area contributed by atoms with Crippen LogP contribution >= 0.6 is 0 Å². The molecule has 1 atom stereocenters. The lowest BCUT2D eigenvalue weighted by Crippen LogP contribution is -2.13. The Morgan fingerprint density at radius 2 is 2.50 bits per heavy atom. The van der Waals surface area contributed by atoms with Crippen LogP contribution in [-0.2, 0) is 9.53 Å². The van der Waals surface area contributed by atoms with E-state index in [1.807, 2.05) is 6.92 Å². The largest absolute Gasteiger partial charge is 0.381 e. The number of Topliss-reactive ketones (excluding diaryl/α,β-unsaturated/α-hetero) is 1. The molecule has 0 aliphatic heterocycles. The molecule has 2 nitrogen and oxygen atoms in total. The minimum absolute atomic E-state index is 0.222. The topological polar surface area (TPSA) is 26.3 Å². The molecule has 1 aliphatic carbocycles. The van der Waals surface area contributed by atoms with Crippen LogP contribution in [0.4, 0.5) is 0 Å². The Morgan fingerprint density at radius 1 is 1.70 bits per heavy atom. The highest BCUT2D eigenvalue weighted by molar-refractivity contribution is 5.82. The molecule has 1 aliphatic rings. The maximum Gasteiger partial charge on any atom is 0.138 e. The number of rotatable bonds is 3. The van der Waals surface area contributed by atoms with Crippen molar-refractivity contribution in [1.82, 2.24) is 0 Å². The van der Waals surface area contributed by atoms with Crippen LogP contribution in [0, 0.1) is 5.92 Å². The zero-order chi connectivity index (χ0) is 7.40. The summed E-state index contributed by atoms with van der Waals surface area (Å²) >= 11 is 0. The Kier molecular flexibility index (Phi) is 2.87. The zero-order valence-corrected chi connectivity index (χ0v) is 6.43. The lowest BCUT2D eigenvalue weighted by Gasteiger charge is -2.05. The van der Waals surface area contributed by atoms with Crippen LogP contribution in [0.5, 0.6) is 0 Å². The summed E-state index contributed by atoms with van der Waals surface area (Å²) in [6.45, 7) is 3.33. The number of hydrogen-bond donors (Lipinski definition) is 0. The third-order valence-corrected chi connectivity index (χ3v) is 1.95. The molecular weight excluding hydrogens is 128 g/mol. The lowest BCUT2D eigenvalue weighted by molar-refractivity contribution is -0.122. The number of carbonyl (C=O) groups is 1. The first-order chi connectivity index (χ1) is 4.84. The van der Waals surface area contributed by atoms with Gasteiger partial charge in [0.05, 0.1) is 6.61 Å². The number of ketones is 1. The normalized spacial score (nSPS) is 25.7. The molecule has 0 bridgehead atoms. The lowest BCUT2D eigenvalue weighted by atomic mass is 10.1. The van der Waals surface area contributed by atoms with E-state index >= 15 is 0 Å². The smallest absolute Gasteiger partial charge is 0.138 e. The van der Waals surface area contributed by atoms with Gasteiger partial charge in [-0.3, -0.25) is 4.79 Å². The maximum absolute atomic E-state index is 11.0. The van der Waals surface area contributed by atoms with Gasteiger partial charge in [0.1, 0.15) is 5.78 Å². The van der Waals surface area contributed by atoms with Crippen LogP contribution in [0.1, 0.15) is 26.2 Å². The second-order valence-corrected chi connectivity index (χ2v) is 2.71. The fraction of sp³-hybridized carbons (Fsp3) is 0.875. The molecule has 58 valence electrons. The van der Waals surface area contributed by atoms with Crippen molar-refractivity contribution in [3.63, 3.8) is 0 Å². The van der Waals surface area contributed by atoms with E-state index < -0.39 is 0 Å². The van der Waals surface area contributed by atoms with Crippen molar-refractivity contribution in [2.45, 2.75) is 26.2 Å². The van der Waals surface area contributed by atoms with Gasteiger partial charge in [0, 0.05) is 18.9 Å². The van der Waals surface area contributed by atoms with E-state index in [9.17, 15) is 4.79 Å². The van der Waals surface area contributed by atoms with E-state index in [2.05, 4.69) is 0 Å². The van der Waals surface area contributed by atoms with Gasteiger partial charge in [0.15, 0.2) is 0 Å². The summed E-state index contributed by atoms with van der Waals surface area (Å²) in [5.41, 5.74) is 0. The summed E-state index contributed by atoms with van der Waals surface area (Å²) in [6.07, 6.45) is 2.88. The zero-order valence-electron chi connectivity index (χ0n) is 6.43. The first-order valence-corrected chi connectivity index (χ1v) is 3.95. The van der Waals surface area contributed by atoms with Crippen molar-refractivity contribution in [2.24, 2.45) is 5.92 Å². The minimum atomic E-state index is 0.222. The van der Waals surface area contributed by atoms with E-state index in [1.54, 1.807) is 0 Å². The molecule has 2 heteroatoms. The summed E-state index contributed by atoms with van der Waals surface area (Å²) in [7, 11) is 0. The summed E-state index contributed by atoms with van der Waals surface area (Å²) in [5.74, 6) is 0.619. The van der Waals surface area contributed by atoms with Crippen molar-refractivity contribution >= 4 is 5.78 Å². The van der Waals surface area contributed by atoms with E-state index in [1.165, 1.54) is 0 Å². The Morgan fingerprint density at radius 3 is 3.00 bits per heavy atom. The second-order valence-electron chi connectivity index (χ2n) is 2.71. The Bertz CT molecular complexity index is 120. The predicted octanol–water partition coefficient (Wildman–Crippen LogP) is 1.39. The average Bonchev–Trinajstić information content (AvgIpc) is 2.31. The molecule has 1 fully saturated rings. The van der Waals surface area contributed by atoms with E-state index in [0.29, 0.717) is 12.4 Å². The highest BCUT2D eigenvalue weighted by Crippen LogP contribution is 2.20. The van der Waals surface area contributed by atoms with Crippen LogP contribution in [-0.4, -0.2) is 19.0 Å². The van der Waals surface area contributed by atoms with E-state index in [4.69, 9.17) is 4.74 Å². The van der Waals surface area contributed by atoms with Gasteiger partial charge in [0.2, 0.25) is 0 Å². The van der Waals surface area contributed by atoms with Gasteiger partial charge in [-0.25, -0.2) is 0 Å². The molecule has 10 heavy (non-hydrogen) atoms. The molecule has 0 radical (unpaired) electrons. The monoisotopic (exact) mass is 142 g/mol. The van der Waals surface area contributed by atoms with Gasteiger partial charge in [-0.05, 0) is 19.8 Å². The first-order valence-electron chi connectivity index (χ1n) is 3.95. The number of ether oxygens (including phenoxy) is 1.